The Morgan fingerprint density at radius 3 is 2.65 bits per heavy atom. The number of hydrazone groups is 1. The standard InChI is InChI=1S/C14H13ClN4O3S/c1-9(12-4-2-3-7-17-12)18-19-14(20)10-5-6-11(15)13(8-10)23(16,21)22/h2-8H,1H3,(H,19,20)(H2,16,21,22). The van der Waals surface area contributed by atoms with Crippen molar-refractivity contribution in [3.8, 4) is 0 Å². The van der Waals surface area contributed by atoms with E-state index >= 15 is 0 Å². The van der Waals surface area contributed by atoms with Crippen LogP contribution < -0.4 is 10.6 Å². The van der Waals surface area contributed by atoms with Gasteiger partial charge in [-0.3, -0.25) is 9.78 Å². The molecule has 0 saturated carbocycles. The molecule has 9 heteroatoms. The molecule has 0 saturated heterocycles. The average molecular weight is 353 g/mol. The molecule has 7 nitrogen and oxygen atoms in total. The average Bonchev–Trinajstić information content (AvgIpc) is 2.52. The second kappa shape index (κ2) is 6.86. The van der Waals surface area contributed by atoms with Crippen LogP contribution >= 0.6 is 11.6 Å². The molecule has 1 heterocycles. The van der Waals surface area contributed by atoms with Gasteiger partial charge in [-0.2, -0.15) is 5.10 Å². The van der Waals surface area contributed by atoms with Crippen molar-refractivity contribution in [3.05, 3.63) is 58.9 Å². The van der Waals surface area contributed by atoms with E-state index in [-0.39, 0.29) is 15.5 Å². The zero-order valence-electron chi connectivity index (χ0n) is 12.0. The largest absolute Gasteiger partial charge is 0.271 e. The Morgan fingerprint density at radius 2 is 2.04 bits per heavy atom. The molecule has 2 rings (SSSR count). The second-order valence-corrected chi connectivity index (χ2v) is 6.48. The number of pyridine rings is 1. The van der Waals surface area contributed by atoms with Crippen LogP contribution in [0.1, 0.15) is 23.0 Å². The van der Waals surface area contributed by atoms with Crippen molar-refractivity contribution < 1.29 is 13.2 Å². The summed E-state index contributed by atoms with van der Waals surface area (Å²) in [6.07, 6.45) is 1.60. The normalized spacial score (nSPS) is 12.0. The second-order valence-electron chi connectivity index (χ2n) is 4.54. The third-order valence-corrected chi connectivity index (χ3v) is 4.25. The van der Waals surface area contributed by atoms with Crippen molar-refractivity contribution in [2.75, 3.05) is 0 Å². The minimum absolute atomic E-state index is 0.0581. The summed E-state index contributed by atoms with van der Waals surface area (Å²) in [5.74, 6) is -0.596. The van der Waals surface area contributed by atoms with Crippen molar-refractivity contribution in [1.82, 2.24) is 10.4 Å². The van der Waals surface area contributed by atoms with Gasteiger partial charge in [-0.15, -0.1) is 0 Å². The summed E-state index contributed by atoms with van der Waals surface area (Å²) in [7, 11) is -4.02. The predicted molar refractivity (Wildman–Crippen MR) is 86.7 cm³/mol. The first-order chi connectivity index (χ1) is 10.8. The molecule has 0 aliphatic carbocycles. The summed E-state index contributed by atoms with van der Waals surface area (Å²) in [5.41, 5.74) is 3.50. The van der Waals surface area contributed by atoms with Gasteiger partial charge in [0, 0.05) is 11.8 Å². The molecule has 0 atom stereocenters. The van der Waals surface area contributed by atoms with E-state index < -0.39 is 15.9 Å². The van der Waals surface area contributed by atoms with E-state index in [4.69, 9.17) is 16.7 Å². The van der Waals surface area contributed by atoms with Gasteiger partial charge in [0.05, 0.1) is 16.4 Å². The van der Waals surface area contributed by atoms with Crippen LogP contribution in [-0.2, 0) is 10.0 Å². The minimum Gasteiger partial charge on any atom is -0.267 e. The Labute approximate surface area is 138 Å². The molecule has 0 radical (unpaired) electrons. The molecule has 0 aliphatic heterocycles. The molecule has 120 valence electrons. The van der Waals surface area contributed by atoms with Gasteiger partial charge >= 0.3 is 0 Å². The summed E-state index contributed by atoms with van der Waals surface area (Å²) >= 11 is 5.77. The summed E-state index contributed by atoms with van der Waals surface area (Å²) < 4.78 is 22.8. The van der Waals surface area contributed by atoms with Gasteiger partial charge in [-0.25, -0.2) is 19.0 Å². The Hall–Kier alpha value is -2.29. The molecule has 3 N–H and O–H groups in total. The van der Waals surface area contributed by atoms with Crippen molar-refractivity contribution in [2.45, 2.75) is 11.8 Å². The lowest BCUT2D eigenvalue weighted by Gasteiger charge is -2.06. The van der Waals surface area contributed by atoms with E-state index in [1.807, 2.05) is 0 Å². The van der Waals surface area contributed by atoms with Crippen molar-refractivity contribution in [3.63, 3.8) is 0 Å². The lowest BCUT2D eigenvalue weighted by atomic mass is 10.2. The first-order valence-electron chi connectivity index (χ1n) is 6.37. The molecule has 2 aromatic rings. The molecule has 23 heavy (non-hydrogen) atoms. The molecule has 1 aromatic carbocycles. The maximum Gasteiger partial charge on any atom is 0.271 e. The van der Waals surface area contributed by atoms with Crippen LogP contribution in [0.15, 0.2) is 52.6 Å². The van der Waals surface area contributed by atoms with Gasteiger partial charge < -0.3 is 0 Å². The predicted octanol–water partition coefficient (Wildman–Crippen LogP) is 1.54. The number of primary sulfonamides is 1. The first kappa shape index (κ1) is 17.1. The van der Waals surface area contributed by atoms with E-state index in [2.05, 4.69) is 15.5 Å². The zero-order valence-corrected chi connectivity index (χ0v) is 13.6. The number of carbonyl (C=O) groups is 1. The van der Waals surface area contributed by atoms with Crippen LogP contribution in [-0.4, -0.2) is 25.0 Å². The Balaban J connectivity index is 2.22. The van der Waals surface area contributed by atoms with Crippen LogP contribution in [0.4, 0.5) is 0 Å². The molecule has 0 aliphatic rings. The molecule has 0 spiro atoms. The van der Waals surface area contributed by atoms with Crippen LogP contribution in [0.25, 0.3) is 0 Å². The highest BCUT2D eigenvalue weighted by Gasteiger charge is 2.16. The fourth-order valence-electron chi connectivity index (χ4n) is 1.70. The third-order valence-electron chi connectivity index (χ3n) is 2.86. The Kier molecular flexibility index (Phi) is 5.09. The number of hydrogen-bond donors (Lipinski definition) is 2. The highest BCUT2D eigenvalue weighted by molar-refractivity contribution is 7.89. The first-order valence-corrected chi connectivity index (χ1v) is 8.30. The number of carbonyl (C=O) groups excluding carboxylic acids is 1. The van der Waals surface area contributed by atoms with E-state index in [1.54, 1.807) is 31.3 Å². The van der Waals surface area contributed by atoms with Gasteiger partial charge in [0.2, 0.25) is 10.0 Å². The van der Waals surface area contributed by atoms with E-state index in [1.165, 1.54) is 12.1 Å². The quantitative estimate of drug-likeness (QED) is 0.641. The molecular weight excluding hydrogens is 340 g/mol. The number of sulfonamides is 1. The lowest BCUT2D eigenvalue weighted by Crippen LogP contribution is -2.21. The maximum absolute atomic E-state index is 12.1. The van der Waals surface area contributed by atoms with E-state index in [0.29, 0.717) is 11.4 Å². The fraction of sp³-hybridized carbons (Fsp3) is 0.0714. The van der Waals surface area contributed by atoms with Gasteiger partial charge in [0.25, 0.3) is 5.91 Å². The molecular formula is C14H13ClN4O3S. The Morgan fingerprint density at radius 1 is 1.30 bits per heavy atom. The number of nitrogens with two attached hydrogens (primary N) is 1. The summed E-state index contributed by atoms with van der Waals surface area (Å²) in [5, 5.41) is 8.91. The zero-order chi connectivity index (χ0) is 17.0. The third kappa shape index (κ3) is 4.35. The molecule has 1 aromatic heterocycles. The van der Waals surface area contributed by atoms with Gasteiger partial charge in [0.15, 0.2) is 0 Å². The van der Waals surface area contributed by atoms with E-state index in [9.17, 15) is 13.2 Å². The number of hydrogen-bond acceptors (Lipinski definition) is 5. The SMILES string of the molecule is CC(=NNC(=O)c1ccc(Cl)c(S(N)(=O)=O)c1)c1ccccn1. The number of rotatable bonds is 4. The summed E-state index contributed by atoms with van der Waals surface area (Å²) in [6, 6.07) is 9.05. The minimum atomic E-state index is -4.02. The number of benzene rings is 1. The van der Waals surface area contributed by atoms with E-state index in [0.717, 1.165) is 6.07 Å². The van der Waals surface area contributed by atoms with Gasteiger partial charge in [0.1, 0.15) is 4.90 Å². The van der Waals surface area contributed by atoms with Crippen LogP contribution in [0, 0.1) is 0 Å². The molecule has 0 fully saturated rings. The molecule has 0 bridgehead atoms. The van der Waals surface area contributed by atoms with Gasteiger partial charge in [-0.05, 0) is 37.3 Å². The van der Waals surface area contributed by atoms with Crippen molar-refractivity contribution >= 4 is 33.2 Å². The lowest BCUT2D eigenvalue weighted by molar-refractivity contribution is 0.0954. The highest BCUT2D eigenvalue weighted by Crippen LogP contribution is 2.21. The van der Waals surface area contributed by atoms with Crippen molar-refractivity contribution in [2.24, 2.45) is 10.2 Å². The van der Waals surface area contributed by atoms with Crippen molar-refractivity contribution in [1.29, 1.82) is 0 Å². The maximum atomic E-state index is 12.1. The van der Waals surface area contributed by atoms with Gasteiger partial charge in [-0.1, -0.05) is 17.7 Å². The monoisotopic (exact) mass is 352 g/mol. The molecule has 0 unspecified atom stereocenters. The summed E-state index contributed by atoms with van der Waals surface area (Å²) in [6.45, 7) is 1.68. The van der Waals surface area contributed by atoms with Crippen LogP contribution in [0.3, 0.4) is 0 Å². The number of nitrogens with one attached hydrogen (secondary N) is 1. The number of nitrogens with zero attached hydrogens (tertiary/aromatic N) is 2. The highest BCUT2D eigenvalue weighted by atomic mass is 35.5. The molecule has 1 amide bonds. The fourth-order valence-corrected chi connectivity index (χ4v) is 2.77. The summed E-state index contributed by atoms with van der Waals surface area (Å²) in [4.78, 5) is 15.8. The van der Waals surface area contributed by atoms with Crippen LogP contribution in [0.2, 0.25) is 5.02 Å². The number of halogens is 1. The topological polar surface area (TPSA) is 115 Å². The smallest absolute Gasteiger partial charge is 0.267 e. The Bertz CT molecular complexity index is 867. The number of amides is 1. The number of aromatic nitrogens is 1. The van der Waals surface area contributed by atoms with Crippen LogP contribution in [0.5, 0.6) is 0 Å².